The molecule has 0 unspecified atom stereocenters. The molecule has 7 heteroatoms. The van der Waals surface area contributed by atoms with Gasteiger partial charge in [-0.25, -0.2) is 0 Å². The average Bonchev–Trinajstić information content (AvgIpc) is 2.58. The van der Waals surface area contributed by atoms with E-state index >= 15 is 0 Å². The highest BCUT2D eigenvalue weighted by atomic mass is 35.5. The summed E-state index contributed by atoms with van der Waals surface area (Å²) in [7, 11) is 0. The fraction of sp³-hybridized carbons (Fsp3) is 0.350. The number of hydrogen-bond donors (Lipinski definition) is 0. The second kappa shape index (κ2) is 8.72. The summed E-state index contributed by atoms with van der Waals surface area (Å²) in [5.74, 6) is 0.00550. The van der Waals surface area contributed by atoms with Gasteiger partial charge in [0.15, 0.2) is 0 Å². The number of carbonyl (C=O) groups excluding carboxylic acids is 1. The van der Waals surface area contributed by atoms with Crippen LogP contribution in [0.3, 0.4) is 0 Å². The summed E-state index contributed by atoms with van der Waals surface area (Å²) in [6, 6.07) is 11.6. The van der Waals surface area contributed by atoms with Gasteiger partial charge in [0.1, 0.15) is 0 Å². The minimum absolute atomic E-state index is 0.00550. The summed E-state index contributed by atoms with van der Waals surface area (Å²) in [5, 5.41) is 11.9. The van der Waals surface area contributed by atoms with E-state index in [2.05, 4.69) is 0 Å². The molecular weight excluding hydrogens is 387 g/mol. The molecule has 0 radical (unpaired) electrons. The molecule has 2 rings (SSSR count). The van der Waals surface area contributed by atoms with E-state index in [1.165, 1.54) is 12.1 Å². The largest absolute Gasteiger partial charge is 0.338 e. The van der Waals surface area contributed by atoms with E-state index in [4.69, 9.17) is 23.2 Å². The summed E-state index contributed by atoms with van der Waals surface area (Å²) in [4.78, 5) is 25.0. The Morgan fingerprint density at radius 2 is 1.74 bits per heavy atom. The first kappa shape index (κ1) is 21.2. The molecule has 0 heterocycles. The standard InChI is InChI=1S/C20H22Cl2N2O3/c1-20(2,3)19(25)23(11-10-15-6-7-16(21)12-18(15)22)13-14-4-8-17(9-5-14)24(26)27/h4-9,12H,10-11,13H2,1-3H3. The Balaban J connectivity index is 2.18. The van der Waals surface area contributed by atoms with Crippen molar-refractivity contribution in [2.24, 2.45) is 5.41 Å². The van der Waals surface area contributed by atoms with Crippen LogP contribution in [0.2, 0.25) is 10.0 Å². The summed E-state index contributed by atoms with van der Waals surface area (Å²) in [6.45, 7) is 6.46. The number of non-ortho nitro benzene ring substituents is 1. The molecule has 0 aliphatic rings. The van der Waals surface area contributed by atoms with Gasteiger partial charge in [-0.3, -0.25) is 14.9 Å². The topological polar surface area (TPSA) is 63.5 Å². The van der Waals surface area contributed by atoms with Gasteiger partial charge in [-0.15, -0.1) is 0 Å². The Morgan fingerprint density at radius 3 is 2.26 bits per heavy atom. The highest BCUT2D eigenvalue weighted by Crippen LogP contribution is 2.24. The van der Waals surface area contributed by atoms with E-state index in [0.717, 1.165) is 11.1 Å². The van der Waals surface area contributed by atoms with Crippen molar-refractivity contribution in [3.8, 4) is 0 Å². The van der Waals surface area contributed by atoms with E-state index < -0.39 is 10.3 Å². The molecule has 2 aromatic carbocycles. The Bertz CT molecular complexity index is 830. The second-order valence-corrected chi connectivity index (χ2v) is 8.23. The number of amides is 1. The van der Waals surface area contributed by atoms with Crippen molar-refractivity contribution in [1.29, 1.82) is 0 Å². The number of rotatable bonds is 6. The Kier molecular flexibility index (Phi) is 6.84. The van der Waals surface area contributed by atoms with Gasteiger partial charge in [0.05, 0.1) is 4.92 Å². The van der Waals surface area contributed by atoms with Crippen molar-refractivity contribution >= 4 is 34.8 Å². The molecule has 0 saturated heterocycles. The van der Waals surface area contributed by atoms with Gasteiger partial charge in [-0.1, -0.05) is 62.2 Å². The Hall–Kier alpha value is -2.11. The maximum Gasteiger partial charge on any atom is 0.269 e. The molecule has 0 saturated carbocycles. The number of nitro groups is 1. The molecule has 27 heavy (non-hydrogen) atoms. The fourth-order valence-electron chi connectivity index (χ4n) is 2.65. The smallest absolute Gasteiger partial charge is 0.269 e. The van der Waals surface area contributed by atoms with Crippen LogP contribution < -0.4 is 0 Å². The zero-order valence-electron chi connectivity index (χ0n) is 15.5. The van der Waals surface area contributed by atoms with Crippen molar-refractivity contribution in [2.45, 2.75) is 33.7 Å². The first-order chi connectivity index (χ1) is 12.6. The number of nitro benzene ring substituents is 1. The van der Waals surface area contributed by atoms with Crippen LogP contribution in [0.25, 0.3) is 0 Å². The van der Waals surface area contributed by atoms with Crippen LogP contribution >= 0.6 is 23.2 Å². The molecule has 0 atom stereocenters. The highest BCUT2D eigenvalue weighted by Gasteiger charge is 2.27. The fourth-order valence-corrected chi connectivity index (χ4v) is 3.15. The van der Waals surface area contributed by atoms with Crippen molar-refractivity contribution in [1.82, 2.24) is 4.90 Å². The Morgan fingerprint density at radius 1 is 1.11 bits per heavy atom. The molecule has 1 amide bonds. The number of carbonyl (C=O) groups is 1. The predicted octanol–water partition coefficient (Wildman–Crippen LogP) is 5.52. The van der Waals surface area contributed by atoms with E-state index in [-0.39, 0.29) is 11.6 Å². The summed E-state index contributed by atoms with van der Waals surface area (Å²) in [6.07, 6.45) is 0.588. The quantitative estimate of drug-likeness (QED) is 0.466. The summed E-state index contributed by atoms with van der Waals surface area (Å²) in [5.41, 5.74) is 1.24. The lowest BCUT2D eigenvalue weighted by atomic mass is 9.94. The lowest BCUT2D eigenvalue weighted by molar-refractivity contribution is -0.384. The molecule has 2 aromatic rings. The van der Waals surface area contributed by atoms with E-state index in [0.29, 0.717) is 29.6 Å². The van der Waals surface area contributed by atoms with Crippen molar-refractivity contribution in [2.75, 3.05) is 6.54 Å². The lowest BCUT2D eigenvalue weighted by Gasteiger charge is -2.30. The van der Waals surface area contributed by atoms with Crippen LogP contribution in [-0.2, 0) is 17.8 Å². The van der Waals surface area contributed by atoms with Gasteiger partial charge in [0, 0.05) is 40.7 Å². The van der Waals surface area contributed by atoms with E-state index in [9.17, 15) is 14.9 Å². The first-order valence-electron chi connectivity index (χ1n) is 8.54. The van der Waals surface area contributed by atoms with Crippen molar-refractivity contribution < 1.29 is 9.72 Å². The third kappa shape index (κ3) is 5.94. The van der Waals surface area contributed by atoms with Crippen LogP contribution in [0.15, 0.2) is 42.5 Å². The van der Waals surface area contributed by atoms with Crippen LogP contribution in [0, 0.1) is 15.5 Å². The third-order valence-electron chi connectivity index (χ3n) is 4.12. The first-order valence-corrected chi connectivity index (χ1v) is 9.30. The summed E-state index contributed by atoms with van der Waals surface area (Å²) < 4.78 is 0. The van der Waals surface area contributed by atoms with Gasteiger partial charge < -0.3 is 4.90 Å². The van der Waals surface area contributed by atoms with Gasteiger partial charge in [-0.05, 0) is 29.7 Å². The van der Waals surface area contributed by atoms with Gasteiger partial charge >= 0.3 is 0 Å². The zero-order valence-corrected chi connectivity index (χ0v) is 17.0. The maximum absolute atomic E-state index is 12.9. The normalized spacial score (nSPS) is 11.3. The highest BCUT2D eigenvalue weighted by molar-refractivity contribution is 6.35. The van der Waals surface area contributed by atoms with Gasteiger partial charge in [0.2, 0.25) is 5.91 Å². The zero-order chi connectivity index (χ0) is 20.2. The van der Waals surface area contributed by atoms with Crippen LogP contribution in [0.4, 0.5) is 5.69 Å². The minimum atomic E-state index is -0.537. The molecule has 144 valence electrons. The average molecular weight is 409 g/mol. The van der Waals surface area contributed by atoms with E-state index in [1.807, 2.05) is 26.8 Å². The van der Waals surface area contributed by atoms with Gasteiger partial charge in [-0.2, -0.15) is 0 Å². The molecule has 5 nitrogen and oxygen atoms in total. The molecule has 0 aliphatic heterocycles. The molecule has 0 N–H and O–H groups in total. The molecule has 0 fully saturated rings. The van der Waals surface area contributed by atoms with Crippen molar-refractivity contribution in [3.63, 3.8) is 0 Å². The number of halogens is 2. The number of nitrogens with zero attached hydrogens (tertiary/aromatic N) is 2. The maximum atomic E-state index is 12.9. The van der Waals surface area contributed by atoms with Crippen LogP contribution in [0.5, 0.6) is 0 Å². The molecule has 0 aromatic heterocycles. The molecule has 0 bridgehead atoms. The van der Waals surface area contributed by atoms with Crippen LogP contribution in [0.1, 0.15) is 31.9 Å². The summed E-state index contributed by atoms with van der Waals surface area (Å²) >= 11 is 12.2. The van der Waals surface area contributed by atoms with Gasteiger partial charge in [0.25, 0.3) is 5.69 Å². The minimum Gasteiger partial charge on any atom is -0.338 e. The predicted molar refractivity (Wildman–Crippen MR) is 108 cm³/mol. The number of hydrogen-bond acceptors (Lipinski definition) is 3. The van der Waals surface area contributed by atoms with Crippen LogP contribution in [-0.4, -0.2) is 22.3 Å². The van der Waals surface area contributed by atoms with E-state index in [1.54, 1.807) is 29.2 Å². The molecule has 0 aliphatic carbocycles. The monoisotopic (exact) mass is 408 g/mol. The SMILES string of the molecule is CC(C)(C)C(=O)N(CCc1ccc(Cl)cc1Cl)Cc1ccc([N+](=O)[O-])cc1. The third-order valence-corrected chi connectivity index (χ3v) is 4.70. The molecule has 0 spiro atoms. The number of benzene rings is 2. The molecular formula is C20H22Cl2N2O3. The second-order valence-electron chi connectivity index (χ2n) is 7.39. The van der Waals surface area contributed by atoms with Crippen molar-refractivity contribution in [3.05, 3.63) is 73.8 Å². The Labute approximate surface area is 169 Å². The lowest BCUT2D eigenvalue weighted by Crippen LogP contribution is -2.40.